The van der Waals surface area contributed by atoms with Gasteiger partial charge in [0.05, 0.1) is 31.8 Å². The van der Waals surface area contributed by atoms with Crippen LogP contribution >= 0.6 is 0 Å². The zero-order valence-corrected chi connectivity index (χ0v) is 12.3. The minimum atomic E-state index is -0.0331. The summed E-state index contributed by atoms with van der Waals surface area (Å²) in [6.45, 7) is 2.96. The van der Waals surface area contributed by atoms with Gasteiger partial charge in [-0.15, -0.1) is 0 Å². The number of nitrogens with zero attached hydrogens (tertiary/aromatic N) is 1. The Morgan fingerprint density at radius 1 is 1.19 bits per heavy atom. The summed E-state index contributed by atoms with van der Waals surface area (Å²) in [6, 6.07) is 7.21. The number of aliphatic hydroxyl groups excluding tert-OH is 1. The first-order valence-electron chi connectivity index (χ1n) is 6.91. The normalized spacial score (nSPS) is 10.2. The molecule has 0 amide bonds. The fraction of sp³-hybridized carbons (Fsp3) is 0.312. The number of ether oxygens (including phenoxy) is 2. The van der Waals surface area contributed by atoms with Gasteiger partial charge < -0.3 is 19.9 Å². The van der Waals surface area contributed by atoms with E-state index in [2.05, 4.69) is 17.2 Å². The molecule has 2 aromatic rings. The molecule has 5 nitrogen and oxygen atoms in total. The quantitative estimate of drug-likeness (QED) is 0.819. The Kier molecular flexibility index (Phi) is 5.40. The van der Waals surface area contributed by atoms with Gasteiger partial charge in [0, 0.05) is 12.6 Å². The minimum absolute atomic E-state index is 0.0331. The highest BCUT2D eigenvalue weighted by Crippen LogP contribution is 2.32. The molecule has 112 valence electrons. The maximum Gasteiger partial charge on any atom is 0.169 e. The van der Waals surface area contributed by atoms with Crippen LogP contribution in [0.4, 0.5) is 5.69 Å². The summed E-state index contributed by atoms with van der Waals surface area (Å²) < 4.78 is 11.1. The Morgan fingerprint density at radius 3 is 2.76 bits per heavy atom. The molecule has 0 atom stereocenters. The third kappa shape index (κ3) is 4.10. The Morgan fingerprint density at radius 2 is 2.05 bits per heavy atom. The van der Waals surface area contributed by atoms with E-state index >= 15 is 0 Å². The highest BCUT2D eigenvalue weighted by atomic mass is 16.5. The topological polar surface area (TPSA) is 63.6 Å². The molecule has 2 N–H and O–H groups in total. The first-order chi connectivity index (χ1) is 10.3. The number of aliphatic hydroxyl groups is 1. The number of nitrogens with one attached hydrogen (secondary N) is 1. The molecular formula is C16H20N2O3. The molecule has 0 aliphatic heterocycles. The number of pyridine rings is 1. The summed E-state index contributed by atoms with van der Waals surface area (Å²) in [7, 11) is 1.57. The van der Waals surface area contributed by atoms with Crippen molar-refractivity contribution in [3.05, 3.63) is 42.2 Å². The zero-order chi connectivity index (χ0) is 15.1. The Hall–Kier alpha value is -2.27. The second kappa shape index (κ2) is 7.50. The molecule has 0 aliphatic carbocycles. The monoisotopic (exact) mass is 288 g/mol. The predicted octanol–water partition coefficient (Wildman–Crippen LogP) is 3.20. The van der Waals surface area contributed by atoms with E-state index in [4.69, 9.17) is 14.6 Å². The smallest absolute Gasteiger partial charge is 0.169 e. The molecule has 0 fully saturated rings. The Bertz CT molecular complexity index is 587. The number of hydrogen-bond donors (Lipinski definition) is 2. The van der Waals surface area contributed by atoms with Gasteiger partial charge in [-0.25, -0.2) is 0 Å². The molecule has 5 heteroatoms. The fourth-order valence-corrected chi connectivity index (χ4v) is 1.86. The molecule has 0 unspecified atom stereocenters. The van der Waals surface area contributed by atoms with Crippen molar-refractivity contribution in [3.63, 3.8) is 0 Å². The Labute approximate surface area is 124 Å². The van der Waals surface area contributed by atoms with E-state index in [-0.39, 0.29) is 6.61 Å². The van der Waals surface area contributed by atoms with Gasteiger partial charge in [-0.2, -0.15) is 0 Å². The molecule has 0 radical (unpaired) electrons. The van der Waals surface area contributed by atoms with Crippen LogP contribution in [-0.4, -0.2) is 23.7 Å². The van der Waals surface area contributed by atoms with Gasteiger partial charge in [0.1, 0.15) is 5.75 Å². The van der Waals surface area contributed by atoms with E-state index in [1.807, 2.05) is 6.07 Å². The molecule has 0 aliphatic rings. The lowest BCUT2D eigenvalue weighted by atomic mass is 10.2. The average molecular weight is 288 g/mol. The molecule has 0 saturated heterocycles. The van der Waals surface area contributed by atoms with E-state index in [1.54, 1.807) is 37.7 Å². The molecule has 0 bridgehead atoms. The minimum Gasteiger partial charge on any atom is -0.493 e. The van der Waals surface area contributed by atoms with E-state index in [9.17, 15) is 0 Å². The van der Waals surface area contributed by atoms with Crippen LogP contribution in [0.25, 0.3) is 0 Å². The van der Waals surface area contributed by atoms with Crippen molar-refractivity contribution in [2.24, 2.45) is 0 Å². The molecule has 21 heavy (non-hydrogen) atoms. The van der Waals surface area contributed by atoms with Crippen molar-refractivity contribution in [2.75, 3.05) is 19.0 Å². The molecule has 2 rings (SSSR count). The first kappa shape index (κ1) is 15.1. The number of benzene rings is 1. The van der Waals surface area contributed by atoms with E-state index in [1.165, 1.54) is 0 Å². The highest BCUT2D eigenvalue weighted by molar-refractivity contribution is 5.49. The van der Waals surface area contributed by atoms with Crippen molar-refractivity contribution in [3.8, 4) is 17.2 Å². The second-order valence-electron chi connectivity index (χ2n) is 4.58. The molecule has 0 spiro atoms. The molecule has 1 aromatic heterocycles. The van der Waals surface area contributed by atoms with Gasteiger partial charge in [0.2, 0.25) is 0 Å². The summed E-state index contributed by atoms with van der Waals surface area (Å²) in [5.74, 6) is 1.80. The maximum atomic E-state index is 9.14. The third-order valence-corrected chi connectivity index (χ3v) is 2.93. The summed E-state index contributed by atoms with van der Waals surface area (Å²) in [6.07, 6.45) is 4.45. The van der Waals surface area contributed by atoms with Crippen molar-refractivity contribution >= 4 is 5.69 Å². The van der Waals surface area contributed by atoms with Crippen molar-refractivity contribution in [1.82, 2.24) is 4.98 Å². The third-order valence-electron chi connectivity index (χ3n) is 2.93. The van der Waals surface area contributed by atoms with Crippen LogP contribution in [0.5, 0.6) is 17.2 Å². The van der Waals surface area contributed by atoms with Crippen molar-refractivity contribution < 1.29 is 14.6 Å². The van der Waals surface area contributed by atoms with E-state index < -0.39 is 0 Å². The lowest BCUT2D eigenvalue weighted by Gasteiger charge is -2.12. The van der Waals surface area contributed by atoms with Gasteiger partial charge >= 0.3 is 0 Å². The lowest BCUT2D eigenvalue weighted by Crippen LogP contribution is -2.00. The van der Waals surface area contributed by atoms with Crippen LogP contribution in [0.1, 0.15) is 18.9 Å². The maximum absolute atomic E-state index is 9.14. The van der Waals surface area contributed by atoms with E-state index in [0.29, 0.717) is 17.2 Å². The highest BCUT2D eigenvalue weighted by Gasteiger charge is 2.07. The molecular weight excluding hydrogens is 268 g/mol. The number of anilines is 1. The van der Waals surface area contributed by atoms with Gasteiger partial charge in [-0.1, -0.05) is 13.0 Å². The van der Waals surface area contributed by atoms with Gasteiger partial charge in [0.15, 0.2) is 11.5 Å². The van der Waals surface area contributed by atoms with Crippen LogP contribution in [0.2, 0.25) is 0 Å². The predicted molar refractivity (Wildman–Crippen MR) is 82.0 cm³/mol. The van der Waals surface area contributed by atoms with Crippen molar-refractivity contribution in [1.29, 1.82) is 0 Å². The van der Waals surface area contributed by atoms with Gasteiger partial charge in [0.25, 0.3) is 0 Å². The summed E-state index contributed by atoms with van der Waals surface area (Å²) >= 11 is 0. The number of rotatable bonds is 7. The van der Waals surface area contributed by atoms with Crippen LogP contribution < -0.4 is 14.8 Å². The summed E-state index contributed by atoms with van der Waals surface area (Å²) in [4.78, 5) is 4.15. The largest absolute Gasteiger partial charge is 0.493 e. The van der Waals surface area contributed by atoms with Crippen LogP contribution in [0.3, 0.4) is 0 Å². The SMILES string of the molecule is CCCNc1cncc(Oc2ccc(CO)cc2OC)c1. The molecule has 1 aromatic carbocycles. The van der Waals surface area contributed by atoms with Crippen LogP contribution in [0.15, 0.2) is 36.7 Å². The number of aromatic nitrogens is 1. The van der Waals surface area contributed by atoms with Crippen LogP contribution in [0, 0.1) is 0 Å². The van der Waals surface area contributed by atoms with Crippen LogP contribution in [-0.2, 0) is 6.61 Å². The summed E-state index contributed by atoms with van der Waals surface area (Å²) in [5.41, 5.74) is 1.69. The van der Waals surface area contributed by atoms with Gasteiger partial charge in [-0.05, 0) is 24.1 Å². The standard InChI is InChI=1S/C16H20N2O3/c1-3-6-18-13-8-14(10-17-9-13)21-15-5-4-12(11-19)7-16(15)20-2/h4-5,7-10,18-19H,3,6,11H2,1-2H3. The average Bonchev–Trinajstić information content (AvgIpc) is 2.53. The Balaban J connectivity index is 2.17. The summed E-state index contributed by atoms with van der Waals surface area (Å²) in [5, 5.41) is 12.4. The number of hydrogen-bond acceptors (Lipinski definition) is 5. The van der Waals surface area contributed by atoms with E-state index in [0.717, 1.165) is 24.2 Å². The first-order valence-corrected chi connectivity index (χ1v) is 6.91. The molecule has 1 heterocycles. The lowest BCUT2D eigenvalue weighted by molar-refractivity contribution is 0.280. The van der Waals surface area contributed by atoms with Gasteiger partial charge in [-0.3, -0.25) is 4.98 Å². The van der Waals surface area contributed by atoms with Crippen molar-refractivity contribution in [2.45, 2.75) is 20.0 Å². The molecule has 0 saturated carbocycles. The zero-order valence-electron chi connectivity index (χ0n) is 12.3. The second-order valence-corrected chi connectivity index (χ2v) is 4.58. The number of methoxy groups -OCH3 is 1. The fourth-order valence-electron chi connectivity index (χ4n) is 1.86.